The van der Waals surface area contributed by atoms with Crippen LogP contribution in [0.25, 0.3) is 0 Å². The van der Waals surface area contributed by atoms with Crippen molar-refractivity contribution in [1.82, 2.24) is 25.0 Å². The van der Waals surface area contributed by atoms with E-state index in [0.717, 1.165) is 51.5 Å². The van der Waals surface area contributed by atoms with Gasteiger partial charge in [-0.3, -0.25) is 9.58 Å². The monoisotopic (exact) mass is 295 g/mol. The molecule has 2 rings (SSSR count). The number of aromatic nitrogens is 3. The summed E-state index contributed by atoms with van der Waals surface area (Å²) in [7, 11) is 2.04. The van der Waals surface area contributed by atoms with Crippen LogP contribution in [0.4, 0.5) is 0 Å². The highest BCUT2D eigenvalue weighted by Gasteiger charge is 2.36. The van der Waals surface area contributed by atoms with Gasteiger partial charge in [-0.2, -0.15) is 5.10 Å². The zero-order chi connectivity index (χ0) is 15.3. The molecule has 2 heterocycles. The van der Waals surface area contributed by atoms with Crippen molar-refractivity contribution in [3.05, 3.63) is 12.2 Å². The number of morpholine rings is 1. The van der Waals surface area contributed by atoms with E-state index in [4.69, 9.17) is 4.74 Å². The van der Waals surface area contributed by atoms with Gasteiger partial charge in [-0.1, -0.05) is 6.92 Å². The van der Waals surface area contributed by atoms with Gasteiger partial charge in [-0.05, 0) is 27.3 Å². The Morgan fingerprint density at radius 1 is 1.38 bits per heavy atom. The minimum absolute atomic E-state index is 0.0571. The molecule has 0 saturated carbocycles. The zero-order valence-corrected chi connectivity index (χ0v) is 13.8. The van der Waals surface area contributed by atoms with Crippen molar-refractivity contribution in [2.24, 2.45) is 0 Å². The van der Waals surface area contributed by atoms with Crippen LogP contribution >= 0.6 is 0 Å². The molecule has 0 bridgehead atoms. The maximum atomic E-state index is 5.48. The van der Waals surface area contributed by atoms with Crippen molar-refractivity contribution in [3.63, 3.8) is 0 Å². The maximum Gasteiger partial charge on any atom is 0.138 e. The van der Waals surface area contributed by atoms with E-state index in [1.807, 2.05) is 11.7 Å². The van der Waals surface area contributed by atoms with E-state index in [0.29, 0.717) is 6.04 Å². The number of hydrogen-bond acceptors (Lipinski definition) is 5. The molecule has 120 valence electrons. The van der Waals surface area contributed by atoms with E-state index in [-0.39, 0.29) is 5.54 Å². The summed E-state index contributed by atoms with van der Waals surface area (Å²) < 4.78 is 7.50. The summed E-state index contributed by atoms with van der Waals surface area (Å²) in [5.41, 5.74) is 0.0571. The molecule has 1 aliphatic rings. The Hall–Kier alpha value is -0.980. The van der Waals surface area contributed by atoms with Crippen LogP contribution in [-0.2, 0) is 17.7 Å². The fourth-order valence-electron chi connectivity index (χ4n) is 3.09. The zero-order valence-electron chi connectivity index (χ0n) is 13.8. The van der Waals surface area contributed by atoms with Crippen LogP contribution in [0, 0.1) is 0 Å². The summed E-state index contributed by atoms with van der Waals surface area (Å²) in [5.74, 6) is 1.07. The van der Waals surface area contributed by atoms with Crippen LogP contribution in [0.5, 0.6) is 0 Å². The number of nitrogens with zero attached hydrogens (tertiary/aromatic N) is 4. The van der Waals surface area contributed by atoms with Gasteiger partial charge in [0.05, 0.1) is 13.2 Å². The van der Waals surface area contributed by atoms with Crippen LogP contribution in [0.2, 0.25) is 0 Å². The van der Waals surface area contributed by atoms with Gasteiger partial charge < -0.3 is 10.1 Å². The standard InChI is InChI=1S/C15H29N5O/c1-5-6-20-14(17-12-18-20)11-13(16-4)15(2,3)19-7-9-21-10-8-19/h12-13,16H,5-11H2,1-4H3. The van der Waals surface area contributed by atoms with Crippen molar-refractivity contribution in [1.29, 1.82) is 0 Å². The highest BCUT2D eigenvalue weighted by molar-refractivity contribution is 5.00. The number of aryl methyl sites for hydroxylation is 1. The summed E-state index contributed by atoms with van der Waals surface area (Å²) >= 11 is 0. The average molecular weight is 295 g/mol. The Labute approximate surface area is 127 Å². The summed E-state index contributed by atoms with van der Waals surface area (Å²) in [5, 5.41) is 7.82. The van der Waals surface area contributed by atoms with Gasteiger partial charge in [0, 0.05) is 37.6 Å². The number of nitrogens with one attached hydrogen (secondary N) is 1. The number of ether oxygens (including phenoxy) is 1. The second kappa shape index (κ2) is 7.33. The second-order valence-electron chi connectivity index (χ2n) is 6.20. The molecule has 0 amide bonds. The third-order valence-corrected chi connectivity index (χ3v) is 4.55. The Morgan fingerprint density at radius 2 is 2.10 bits per heavy atom. The molecule has 0 spiro atoms. The minimum Gasteiger partial charge on any atom is -0.379 e. The predicted molar refractivity (Wildman–Crippen MR) is 83.3 cm³/mol. The molecule has 1 fully saturated rings. The van der Waals surface area contributed by atoms with E-state index in [9.17, 15) is 0 Å². The molecule has 21 heavy (non-hydrogen) atoms. The number of hydrogen-bond donors (Lipinski definition) is 1. The normalized spacial score (nSPS) is 18.9. The van der Waals surface area contributed by atoms with Crippen LogP contribution in [0.3, 0.4) is 0 Å². The van der Waals surface area contributed by atoms with Crippen LogP contribution in [0.15, 0.2) is 6.33 Å². The average Bonchev–Trinajstić information content (AvgIpc) is 2.93. The number of rotatable bonds is 7. The molecular weight excluding hydrogens is 266 g/mol. The first kappa shape index (κ1) is 16.4. The first-order valence-corrected chi connectivity index (χ1v) is 7.96. The Bertz CT molecular complexity index is 425. The van der Waals surface area contributed by atoms with E-state index in [1.54, 1.807) is 6.33 Å². The second-order valence-corrected chi connectivity index (χ2v) is 6.20. The van der Waals surface area contributed by atoms with Crippen molar-refractivity contribution in [2.75, 3.05) is 33.4 Å². The summed E-state index contributed by atoms with van der Waals surface area (Å²) in [4.78, 5) is 6.96. The molecule has 6 heteroatoms. The molecule has 1 aliphatic heterocycles. The van der Waals surface area contributed by atoms with Gasteiger partial charge in [0.25, 0.3) is 0 Å². The van der Waals surface area contributed by atoms with Crippen molar-refractivity contribution in [2.45, 2.75) is 51.7 Å². The molecule has 0 radical (unpaired) electrons. The smallest absolute Gasteiger partial charge is 0.138 e. The minimum atomic E-state index is 0.0571. The largest absolute Gasteiger partial charge is 0.379 e. The molecule has 1 atom stereocenters. The van der Waals surface area contributed by atoms with E-state index in [1.165, 1.54) is 0 Å². The lowest BCUT2D eigenvalue weighted by Gasteiger charge is -2.45. The Morgan fingerprint density at radius 3 is 2.71 bits per heavy atom. The highest BCUT2D eigenvalue weighted by atomic mass is 16.5. The lowest BCUT2D eigenvalue weighted by Crippen LogP contribution is -2.60. The van der Waals surface area contributed by atoms with Crippen LogP contribution in [-0.4, -0.2) is 64.6 Å². The summed E-state index contributed by atoms with van der Waals surface area (Å²) in [6, 6.07) is 0.329. The van der Waals surface area contributed by atoms with Gasteiger partial charge >= 0.3 is 0 Å². The van der Waals surface area contributed by atoms with E-state index in [2.05, 4.69) is 41.1 Å². The van der Waals surface area contributed by atoms with Crippen molar-refractivity contribution >= 4 is 0 Å². The van der Waals surface area contributed by atoms with E-state index < -0.39 is 0 Å². The molecular formula is C15H29N5O. The fraction of sp³-hybridized carbons (Fsp3) is 0.867. The van der Waals surface area contributed by atoms with Gasteiger partial charge in [-0.15, -0.1) is 0 Å². The lowest BCUT2D eigenvalue weighted by atomic mass is 9.89. The third-order valence-electron chi connectivity index (χ3n) is 4.55. The molecule has 1 unspecified atom stereocenters. The third kappa shape index (κ3) is 3.81. The molecule has 0 aliphatic carbocycles. The Balaban J connectivity index is 2.08. The van der Waals surface area contributed by atoms with Crippen molar-refractivity contribution < 1.29 is 4.74 Å². The maximum absolute atomic E-state index is 5.48. The lowest BCUT2D eigenvalue weighted by molar-refractivity contribution is -0.0227. The fourth-order valence-corrected chi connectivity index (χ4v) is 3.09. The first-order chi connectivity index (χ1) is 10.1. The highest BCUT2D eigenvalue weighted by Crippen LogP contribution is 2.22. The van der Waals surface area contributed by atoms with Gasteiger partial charge in [0.2, 0.25) is 0 Å². The van der Waals surface area contributed by atoms with Gasteiger partial charge in [-0.25, -0.2) is 4.98 Å². The quantitative estimate of drug-likeness (QED) is 0.811. The summed E-state index contributed by atoms with van der Waals surface area (Å²) in [6.07, 6.45) is 3.63. The van der Waals surface area contributed by atoms with Gasteiger partial charge in [0.15, 0.2) is 0 Å². The molecule has 1 saturated heterocycles. The molecule has 1 aromatic rings. The van der Waals surface area contributed by atoms with Gasteiger partial charge in [0.1, 0.15) is 12.2 Å². The molecule has 0 aromatic carbocycles. The SMILES string of the molecule is CCCn1ncnc1CC(NC)C(C)(C)N1CCOCC1. The predicted octanol–water partition coefficient (Wildman–Crippen LogP) is 0.929. The molecule has 6 nitrogen and oxygen atoms in total. The summed E-state index contributed by atoms with van der Waals surface area (Å²) in [6.45, 7) is 11.3. The number of likely N-dealkylation sites (N-methyl/N-ethyl adjacent to an activating group) is 1. The van der Waals surface area contributed by atoms with Crippen LogP contribution in [0.1, 0.15) is 33.0 Å². The first-order valence-electron chi connectivity index (χ1n) is 7.96. The molecule has 1 aromatic heterocycles. The topological polar surface area (TPSA) is 55.2 Å². The van der Waals surface area contributed by atoms with Crippen LogP contribution < -0.4 is 5.32 Å². The van der Waals surface area contributed by atoms with E-state index >= 15 is 0 Å². The Kier molecular flexibility index (Phi) is 5.72. The van der Waals surface area contributed by atoms with Crippen molar-refractivity contribution in [3.8, 4) is 0 Å². The molecule has 1 N–H and O–H groups in total.